The number of carbonyl (C=O) groups excluding carboxylic acids is 1. The van der Waals surface area contributed by atoms with Crippen molar-refractivity contribution in [2.75, 3.05) is 33.9 Å². The molecule has 0 radical (unpaired) electrons. The first-order valence-electron chi connectivity index (χ1n) is 8.93. The summed E-state index contributed by atoms with van der Waals surface area (Å²) in [5.74, 6) is 1.12. The number of amides is 1. The molecule has 0 aliphatic rings. The lowest BCUT2D eigenvalue weighted by atomic mass is 10.1. The largest absolute Gasteiger partial charge is 0.490 e. The van der Waals surface area contributed by atoms with Crippen LogP contribution in [0.1, 0.15) is 35.9 Å². The number of ether oxygens (including phenoxy) is 2. The number of aryl methyl sites for hydroxylation is 1. The van der Waals surface area contributed by atoms with Crippen LogP contribution in [-0.4, -0.2) is 49.2 Å². The van der Waals surface area contributed by atoms with Gasteiger partial charge in [0, 0.05) is 31.0 Å². The van der Waals surface area contributed by atoms with E-state index in [0.717, 1.165) is 5.69 Å². The van der Waals surface area contributed by atoms with Crippen LogP contribution in [0.3, 0.4) is 0 Å². The fraction of sp³-hybridized carbons (Fsp3) is 0.450. The lowest BCUT2D eigenvalue weighted by Crippen LogP contribution is -2.35. The Balaban J connectivity index is 2.11. The van der Waals surface area contributed by atoms with Crippen LogP contribution < -0.4 is 14.8 Å². The van der Waals surface area contributed by atoms with Crippen molar-refractivity contribution in [2.24, 2.45) is 7.05 Å². The lowest BCUT2D eigenvalue weighted by molar-refractivity contribution is 0.0940. The highest BCUT2D eigenvalue weighted by molar-refractivity contribution is 5.94. The van der Waals surface area contributed by atoms with Gasteiger partial charge < -0.3 is 19.4 Å². The summed E-state index contributed by atoms with van der Waals surface area (Å²) >= 11 is 0. The Morgan fingerprint density at radius 3 is 2.42 bits per heavy atom. The average molecular weight is 359 g/mol. The third kappa shape index (κ3) is 4.79. The maximum Gasteiger partial charge on any atom is 0.251 e. The van der Waals surface area contributed by atoms with Gasteiger partial charge >= 0.3 is 0 Å². The number of rotatable bonds is 9. The zero-order valence-corrected chi connectivity index (χ0v) is 16.3. The summed E-state index contributed by atoms with van der Waals surface area (Å²) in [4.78, 5) is 14.7. The Hall–Kier alpha value is -2.47. The second-order valence-electron chi connectivity index (χ2n) is 6.26. The summed E-state index contributed by atoms with van der Waals surface area (Å²) < 4.78 is 13.2. The van der Waals surface area contributed by atoms with E-state index in [1.54, 1.807) is 18.2 Å². The highest BCUT2D eigenvalue weighted by Crippen LogP contribution is 2.28. The van der Waals surface area contributed by atoms with Gasteiger partial charge in [-0.1, -0.05) is 0 Å². The zero-order valence-electron chi connectivity index (χ0n) is 16.3. The van der Waals surface area contributed by atoms with E-state index in [2.05, 4.69) is 20.9 Å². The monoisotopic (exact) mass is 359 g/mol. The molecule has 142 valence electrons. The van der Waals surface area contributed by atoms with Gasteiger partial charge in [-0.2, -0.15) is 0 Å². The molecule has 0 aliphatic carbocycles. The van der Waals surface area contributed by atoms with E-state index in [9.17, 15) is 4.79 Å². The number of aromatic nitrogens is 1. The number of likely N-dealkylation sites (N-methyl/N-ethyl adjacent to an activating group) is 1. The van der Waals surface area contributed by atoms with Crippen molar-refractivity contribution in [1.29, 1.82) is 0 Å². The van der Waals surface area contributed by atoms with Crippen LogP contribution in [0.25, 0.3) is 0 Å². The van der Waals surface area contributed by atoms with Gasteiger partial charge in [0.1, 0.15) is 0 Å². The molecule has 0 fully saturated rings. The fourth-order valence-corrected chi connectivity index (χ4v) is 2.86. The second-order valence-corrected chi connectivity index (χ2v) is 6.26. The molecule has 0 spiro atoms. The summed E-state index contributed by atoms with van der Waals surface area (Å²) in [5, 5.41) is 3.03. The molecule has 2 aromatic rings. The van der Waals surface area contributed by atoms with E-state index < -0.39 is 0 Å². The Labute approximate surface area is 155 Å². The standard InChI is InChI=1S/C20H29N3O3/c1-6-25-18-11-10-15(13-19(18)26-7-2)20(24)21-14-17(22(3)4)16-9-8-12-23(16)5/h8-13,17H,6-7,14H2,1-5H3,(H,21,24)/t17-/m1/s1. The first-order chi connectivity index (χ1) is 12.5. The number of hydrogen-bond donors (Lipinski definition) is 1. The highest BCUT2D eigenvalue weighted by Gasteiger charge is 2.19. The topological polar surface area (TPSA) is 55.7 Å². The van der Waals surface area contributed by atoms with Crippen LogP contribution >= 0.6 is 0 Å². The Kier molecular flexibility index (Phi) is 7.09. The van der Waals surface area contributed by atoms with Crippen molar-refractivity contribution >= 4 is 5.91 Å². The van der Waals surface area contributed by atoms with Gasteiger partial charge in [-0.05, 0) is 58.3 Å². The molecule has 1 amide bonds. The summed E-state index contributed by atoms with van der Waals surface area (Å²) in [7, 11) is 6.02. The Morgan fingerprint density at radius 2 is 1.85 bits per heavy atom. The molecule has 1 aromatic carbocycles. The minimum atomic E-state index is -0.130. The normalized spacial score (nSPS) is 12.1. The van der Waals surface area contributed by atoms with Gasteiger partial charge in [0.25, 0.3) is 5.91 Å². The van der Waals surface area contributed by atoms with Crippen LogP contribution in [0.5, 0.6) is 11.5 Å². The molecule has 1 aromatic heterocycles. The van der Waals surface area contributed by atoms with E-state index in [1.807, 2.05) is 47.3 Å². The smallest absolute Gasteiger partial charge is 0.251 e. The van der Waals surface area contributed by atoms with Crippen molar-refractivity contribution in [3.8, 4) is 11.5 Å². The Morgan fingerprint density at radius 1 is 1.15 bits per heavy atom. The number of carbonyl (C=O) groups is 1. The van der Waals surface area contributed by atoms with Crippen LogP contribution in [0.4, 0.5) is 0 Å². The molecule has 26 heavy (non-hydrogen) atoms. The third-order valence-electron chi connectivity index (χ3n) is 4.21. The van der Waals surface area contributed by atoms with Gasteiger partial charge in [-0.3, -0.25) is 9.69 Å². The van der Waals surface area contributed by atoms with E-state index in [4.69, 9.17) is 9.47 Å². The molecular formula is C20H29N3O3. The van der Waals surface area contributed by atoms with E-state index in [1.165, 1.54) is 0 Å². The molecule has 0 bridgehead atoms. The molecular weight excluding hydrogens is 330 g/mol. The molecule has 0 saturated heterocycles. The number of nitrogens with one attached hydrogen (secondary N) is 1. The van der Waals surface area contributed by atoms with Gasteiger partial charge in [-0.25, -0.2) is 0 Å². The third-order valence-corrected chi connectivity index (χ3v) is 4.21. The van der Waals surface area contributed by atoms with Crippen LogP contribution in [-0.2, 0) is 7.05 Å². The van der Waals surface area contributed by atoms with E-state index in [-0.39, 0.29) is 11.9 Å². The van der Waals surface area contributed by atoms with E-state index in [0.29, 0.717) is 36.8 Å². The first kappa shape index (κ1) is 19.8. The Bertz CT molecular complexity index is 725. The molecule has 1 atom stereocenters. The quantitative estimate of drug-likeness (QED) is 0.748. The summed E-state index contributed by atoms with van der Waals surface area (Å²) in [6.07, 6.45) is 2.01. The maximum atomic E-state index is 12.6. The minimum Gasteiger partial charge on any atom is -0.490 e. The average Bonchev–Trinajstić information content (AvgIpc) is 3.02. The second kappa shape index (κ2) is 9.29. The van der Waals surface area contributed by atoms with Gasteiger partial charge in [0.05, 0.1) is 19.3 Å². The molecule has 6 nitrogen and oxygen atoms in total. The zero-order chi connectivity index (χ0) is 19.1. The number of benzene rings is 1. The molecule has 0 unspecified atom stereocenters. The SMILES string of the molecule is CCOc1ccc(C(=O)NC[C@H](c2cccn2C)N(C)C)cc1OCC. The molecule has 0 saturated carbocycles. The van der Waals surface area contributed by atoms with Crippen molar-refractivity contribution in [2.45, 2.75) is 19.9 Å². The number of nitrogens with zero attached hydrogens (tertiary/aromatic N) is 2. The molecule has 1 N–H and O–H groups in total. The van der Waals surface area contributed by atoms with Gasteiger partial charge in [-0.15, -0.1) is 0 Å². The van der Waals surface area contributed by atoms with Crippen LogP contribution in [0.15, 0.2) is 36.5 Å². The van der Waals surface area contributed by atoms with Crippen molar-refractivity contribution in [3.05, 3.63) is 47.8 Å². The van der Waals surface area contributed by atoms with Crippen molar-refractivity contribution in [3.63, 3.8) is 0 Å². The molecule has 1 heterocycles. The summed E-state index contributed by atoms with van der Waals surface area (Å²) in [6, 6.07) is 9.44. The maximum absolute atomic E-state index is 12.6. The lowest BCUT2D eigenvalue weighted by Gasteiger charge is -2.25. The van der Waals surface area contributed by atoms with Crippen LogP contribution in [0.2, 0.25) is 0 Å². The molecule has 6 heteroatoms. The molecule has 0 aliphatic heterocycles. The highest BCUT2D eigenvalue weighted by atomic mass is 16.5. The first-order valence-corrected chi connectivity index (χ1v) is 8.93. The van der Waals surface area contributed by atoms with Crippen molar-refractivity contribution in [1.82, 2.24) is 14.8 Å². The summed E-state index contributed by atoms with van der Waals surface area (Å²) in [6.45, 7) is 5.40. The molecule has 2 rings (SSSR count). The van der Waals surface area contributed by atoms with Gasteiger partial charge in [0.15, 0.2) is 11.5 Å². The minimum absolute atomic E-state index is 0.0908. The fourth-order valence-electron chi connectivity index (χ4n) is 2.86. The number of hydrogen-bond acceptors (Lipinski definition) is 4. The van der Waals surface area contributed by atoms with Crippen molar-refractivity contribution < 1.29 is 14.3 Å². The van der Waals surface area contributed by atoms with Gasteiger partial charge in [0.2, 0.25) is 0 Å². The van der Waals surface area contributed by atoms with Crippen LogP contribution in [0, 0.1) is 0 Å². The summed E-state index contributed by atoms with van der Waals surface area (Å²) in [5.41, 5.74) is 1.71. The predicted molar refractivity (Wildman–Crippen MR) is 103 cm³/mol. The predicted octanol–water partition coefficient (Wildman–Crippen LogP) is 2.86. The van der Waals surface area contributed by atoms with E-state index >= 15 is 0 Å².